The van der Waals surface area contributed by atoms with Crippen molar-refractivity contribution in [2.24, 2.45) is 0 Å². The van der Waals surface area contributed by atoms with Gasteiger partial charge in [0.15, 0.2) is 0 Å². The number of hydrogen-bond acceptors (Lipinski definition) is 4. The summed E-state index contributed by atoms with van der Waals surface area (Å²) in [6.07, 6.45) is 0. The van der Waals surface area contributed by atoms with Crippen LogP contribution < -0.4 is 4.90 Å². The van der Waals surface area contributed by atoms with Gasteiger partial charge < -0.3 is 9.64 Å². The number of piperazine rings is 1. The van der Waals surface area contributed by atoms with Crippen LogP contribution in [0.3, 0.4) is 0 Å². The summed E-state index contributed by atoms with van der Waals surface area (Å²) in [5.74, 6) is -0.331. The van der Waals surface area contributed by atoms with E-state index in [2.05, 4.69) is 0 Å². The van der Waals surface area contributed by atoms with E-state index in [1.54, 1.807) is 30.9 Å². The fourth-order valence-electron chi connectivity index (χ4n) is 2.71. The molecule has 2 unspecified atom stereocenters. The van der Waals surface area contributed by atoms with Crippen molar-refractivity contribution in [3.63, 3.8) is 0 Å². The summed E-state index contributed by atoms with van der Waals surface area (Å²) < 4.78 is 5.04. The van der Waals surface area contributed by atoms with Crippen molar-refractivity contribution in [1.82, 2.24) is 4.90 Å². The summed E-state index contributed by atoms with van der Waals surface area (Å²) in [5, 5.41) is 0.597. The molecule has 6 heteroatoms. The number of carbonyl (C=O) groups is 2. The maximum absolute atomic E-state index is 12.6. The standard InChI is InChI=1S/C16H21ClN2O3/c1-4-22-16(21)12(3)18-8-9-19(15(20)11(18)2)14-7-5-6-13(17)10-14/h5-7,10-12H,4,8-9H2,1-3H3. The molecule has 1 aliphatic rings. The quantitative estimate of drug-likeness (QED) is 0.798. The second-order valence-corrected chi connectivity index (χ2v) is 5.75. The third-order valence-corrected chi connectivity index (χ3v) is 4.18. The minimum atomic E-state index is -0.430. The van der Waals surface area contributed by atoms with Gasteiger partial charge in [-0.15, -0.1) is 0 Å². The maximum Gasteiger partial charge on any atom is 0.323 e. The van der Waals surface area contributed by atoms with Crippen molar-refractivity contribution in [2.75, 3.05) is 24.6 Å². The molecule has 0 saturated carbocycles. The Morgan fingerprint density at radius 2 is 2.18 bits per heavy atom. The predicted molar refractivity (Wildman–Crippen MR) is 86.1 cm³/mol. The van der Waals surface area contributed by atoms with Crippen molar-refractivity contribution in [3.8, 4) is 0 Å². The van der Waals surface area contributed by atoms with Gasteiger partial charge in [0.2, 0.25) is 5.91 Å². The fraction of sp³-hybridized carbons (Fsp3) is 0.500. The van der Waals surface area contributed by atoms with Crippen LogP contribution in [0.25, 0.3) is 0 Å². The van der Waals surface area contributed by atoms with Gasteiger partial charge in [-0.05, 0) is 39.0 Å². The molecule has 1 aromatic rings. The first-order chi connectivity index (χ1) is 10.5. The first-order valence-corrected chi connectivity index (χ1v) is 7.82. The first kappa shape index (κ1) is 16.8. The number of esters is 1. The molecule has 1 saturated heterocycles. The molecular formula is C16H21ClN2O3. The van der Waals surface area contributed by atoms with Crippen molar-refractivity contribution in [1.29, 1.82) is 0 Å². The van der Waals surface area contributed by atoms with E-state index in [-0.39, 0.29) is 17.9 Å². The normalized spacial score (nSPS) is 20.8. The zero-order chi connectivity index (χ0) is 16.3. The Kier molecular flexibility index (Phi) is 5.42. The van der Waals surface area contributed by atoms with Gasteiger partial charge in [-0.1, -0.05) is 17.7 Å². The second kappa shape index (κ2) is 7.11. The van der Waals surface area contributed by atoms with E-state index in [0.29, 0.717) is 24.7 Å². The van der Waals surface area contributed by atoms with Crippen LogP contribution in [0.5, 0.6) is 0 Å². The van der Waals surface area contributed by atoms with Crippen LogP contribution in [0.15, 0.2) is 24.3 Å². The lowest BCUT2D eigenvalue weighted by atomic mass is 10.1. The number of nitrogens with zero attached hydrogens (tertiary/aromatic N) is 2. The Hall–Kier alpha value is -1.59. The summed E-state index contributed by atoms with van der Waals surface area (Å²) in [5.41, 5.74) is 0.785. The molecule has 22 heavy (non-hydrogen) atoms. The Balaban J connectivity index is 2.12. The number of rotatable bonds is 4. The molecular weight excluding hydrogens is 304 g/mol. The summed E-state index contributed by atoms with van der Waals surface area (Å²) in [6, 6.07) is 6.42. The van der Waals surface area contributed by atoms with Crippen LogP contribution in [0.4, 0.5) is 5.69 Å². The highest BCUT2D eigenvalue weighted by Gasteiger charge is 2.37. The summed E-state index contributed by atoms with van der Waals surface area (Å²) >= 11 is 5.99. The monoisotopic (exact) mass is 324 g/mol. The number of halogens is 1. The molecule has 1 aromatic carbocycles. The van der Waals surface area contributed by atoms with E-state index in [1.165, 1.54) is 0 Å². The lowest BCUT2D eigenvalue weighted by Crippen LogP contribution is -2.60. The predicted octanol–water partition coefficient (Wildman–Crippen LogP) is 2.33. The van der Waals surface area contributed by atoms with Gasteiger partial charge in [0, 0.05) is 23.8 Å². The molecule has 5 nitrogen and oxygen atoms in total. The molecule has 0 aromatic heterocycles. The smallest absolute Gasteiger partial charge is 0.323 e. The minimum Gasteiger partial charge on any atom is -0.465 e. The van der Waals surface area contributed by atoms with Crippen LogP contribution in [-0.4, -0.2) is 48.6 Å². The molecule has 2 atom stereocenters. The molecule has 2 rings (SSSR count). The minimum absolute atomic E-state index is 0.0373. The fourth-order valence-corrected chi connectivity index (χ4v) is 2.90. The van der Waals surface area contributed by atoms with Crippen LogP contribution in [0.2, 0.25) is 5.02 Å². The number of benzene rings is 1. The van der Waals surface area contributed by atoms with Crippen molar-refractivity contribution in [3.05, 3.63) is 29.3 Å². The molecule has 1 heterocycles. The van der Waals surface area contributed by atoms with Crippen molar-refractivity contribution in [2.45, 2.75) is 32.9 Å². The Morgan fingerprint density at radius 3 is 2.82 bits per heavy atom. The summed E-state index contributed by atoms with van der Waals surface area (Å²) in [4.78, 5) is 28.1. The van der Waals surface area contributed by atoms with Gasteiger partial charge in [0.25, 0.3) is 0 Å². The van der Waals surface area contributed by atoms with Crippen LogP contribution in [0.1, 0.15) is 20.8 Å². The zero-order valence-corrected chi connectivity index (χ0v) is 13.8. The topological polar surface area (TPSA) is 49.9 Å². The van der Waals surface area contributed by atoms with Gasteiger partial charge in [-0.25, -0.2) is 0 Å². The van der Waals surface area contributed by atoms with Gasteiger partial charge in [-0.2, -0.15) is 0 Å². The molecule has 120 valence electrons. The van der Waals surface area contributed by atoms with Crippen molar-refractivity contribution >= 4 is 29.2 Å². The molecule has 1 aliphatic heterocycles. The highest BCUT2D eigenvalue weighted by atomic mass is 35.5. The number of hydrogen-bond donors (Lipinski definition) is 0. The highest BCUT2D eigenvalue weighted by molar-refractivity contribution is 6.30. The second-order valence-electron chi connectivity index (χ2n) is 5.31. The lowest BCUT2D eigenvalue weighted by molar-refractivity contribution is -0.151. The molecule has 1 amide bonds. The average molecular weight is 325 g/mol. The largest absolute Gasteiger partial charge is 0.465 e. The molecule has 0 bridgehead atoms. The third-order valence-electron chi connectivity index (χ3n) is 3.95. The molecule has 0 aliphatic carbocycles. The van der Waals surface area contributed by atoms with Gasteiger partial charge >= 0.3 is 5.97 Å². The Morgan fingerprint density at radius 1 is 1.45 bits per heavy atom. The third kappa shape index (κ3) is 3.42. The van der Waals surface area contributed by atoms with Gasteiger partial charge in [0.1, 0.15) is 6.04 Å². The molecule has 0 spiro atoms. The van der Waals surface area contributed by atoms with Crippen LogP contribution in [-0.2, 0) is 14.3 Å². The van der Waals surface area contributed by atoms with E-state index in [4.69, 9.17) is 16.3 Å². The SMILES string of the molecule is CCOC(=O)C(C)N1CCN(c2cccc(Cl)c2)C(=O)C1C. The highest BCUT2D eigenvalue weighted by Crippen LogP contribution is 2.24. The van der Waals surface area contributed by atoms with Crippen LogP contribution in [0, 0.1) is 0 Å². The first-order valence-electron chi connectivity index (χ1n) is 7.45. The lowest BCUT2D eigenvalue weighted by Gasteiger charge is -2.41. The van der Waals surface area contributed by atoms with E-state index in [0.717, 1.165) is 5.69 Å². The molecule has 1 fully saturated rings. The Labute approximate surface area is 135 Å². The zero-order valence-electron chi connectivity index (χ0n) is 13.1. The average Bonchev–Trinajstić information content (AvgIpc) is 2.49. The summed E-state index contributed by atoms with van der Waals surface area (Å²) in [6.45, 7) is 6.84. The summed E-state index contributed by atoms with van der Waals surface area (Å²) in [7, 11) is 0. The maximum atomic E-state index is 12.6. The van der Waals surface area contributed by atoms with Gasteiger partial charge in [-0.3, -0.25) is 14.5 Å². The van der Waals surface area contributed by atoms with E-state index >= 15 is 0 Å². The molecule has 0 N–H and O–H groups in total. The van der Waals surface area contributed by atoms with Crippen molar-refractivity contribution < 1.29 is 14.3 Å². The molecule has 0 radical (unpaired) electrons. The Bertz CT molecular complexity index is 564. The number of ether oxygens (including phenoxy) is 1. The number of carbonyl (C=O) groups excluding carboxylic acids is 2. The number of anilines is 1. The number of amides is 1. The van der Waals surface area contributed by atoms with E-state index < -0.39 is 6.04 Å². The van der Waals surface area contributed by atoms with Gasteiger partial charge in [0.05, 0.1) is 12.6 Å². The van der Waals surface area contributed by atoms with E-state index in [9.17, 15) is 9.59 Å². The van der Waals surface area contributed by atoms with E-state index in [1.807, 2.05) is 24.0 Å². The van der Waals surface area contributed by atoms with Crippen LogP contribution >= 0.6 is 11.6 Å².